The Morgan fingerprint density at radius 1 is 1.38 bits per heavy atom. The first kappa shape index (κ1) is 17.4. The molecule has 0 unspecified atom stereocenters. The molecule has 0 radical (unpaired) electrons. The predicted octanol–water partition coefficient (Wildman–Crippen LogP) is 0.477. The zero-order chi connectivity index (χ0) is 17.6. The molecule has 3 rings (SSSR count). The highest BCUT2D eigenvalue weighted by molar-refractivity contribution is 7.88. The highest BCUT2D eigenvalue weighted by Crippen LogP contribution is 2.38. The molecule has 1 N–H and O–H groups in total. The lowest BCUT2D eigenvalue weighted by Crippen LogP contribution is -2.49. The lowest BCUT2D eigenvalue weighted by molar-refractivity contribution is -0.124. The number of likely N-dealkylation sites (tertiary alicyclic amines) is 1. The van der Waals surface area contributed by atoms with Crippen LogP contribution in [0.5, 0.6) is 0 Å². The highest BCUT2D eigenvalue weighted by Gasteiger charge is 2.52. The summed E-state index contributed by atoms with van der Waals surface area (Å²) in [7, 11) is -1.89. The molecule has 2 aliphatic rings. The summed E-state index contributed by atoms with van der Waals surface area (Å²) in [6.07, 6.45) is 1.76. The molecule has 134 valence electrons. The van der Waals surface area contributed by atoms with Gasteiger partial charge in [-0.15, -0.1) is 0 Å². The minimum absolute atomic E-state index is 0.139. The molecule has 0 aromatic carbocycles. The van der Waals surface area contributed by atoms with Crippen molar-refractivity contribution in [1.82, 2.24) is 14.5 Å². The van der Waals surface area contributed by atoms with E-state index in [1.807, 2.05) is 19.9 Å². The molecule has 3 atom stereocenters. The fourth-order valence-corrected chi connectivity index (χ4v) is 5.40. The third-order valence-corrected chi connectivity index (χ3v) is 6.46. The number of furan rings is 1. The number of hydrogen-bond acceptors (Lipinski definition) is 5. The Labute approximate surface area is 143 Å². The molecular formula is C16H25N3O4S. The fourth-order valence-electron chi connectivity index (χ4n) is 4.03. The van der Waals surface area contributed by atoms with Crippen LogP contribution in [0.2, 0.25) is 0 Å². The summed E-state index contributed by atoms with van der Waals surface area (Å²) in [4.78, 5) is 14.3. The van der Waals surface area contributed by atoms with Crippen LogP contribution >= 0.6 is 0 Å². The first-order valence-corrected chi connectivity index (χ1v) is 10.0. The van der Waals surface area contributed by atoms with Crippen LogP contribution in [0.25, 0.3) is 0 Å². The van der Waals surface area contributed by atoms with Crippen LogP contribution in [0, 0.1) is 19.8 Å². The SMILES string of the molecule is CNC(=O)[C@@H]1C[C@H]2CN(Cc3cc(C)c(C)o3)C[C@H]2N1S(C)(=O)=O. The Morgan fingerprint density at radius 2 is 2.08 bits per heavy atom. The van der Waals surface area contributed by atoms with Crippen molar-refractivity contribution in [1.29, 1.82) is 0 Å². The molecule has 1 amide bonds. The molecule has 24 heavy (non-hydrogen) atoms. The van der Waals surface area contributed by atoms with Gasteiger partial charge in [-0.3, -0.25) is 9.69 Å². The normalized spacial score (nSPS) is 28.2. The number of sulfonamides is 1. The van der Waals surface area contributed by atoms with E-state index in [1.54, 1.807) is 7.05 Å². The molecule has 2 saturated heterocycles. The van der Waals surface area contributed by atoms with Crippen molar-refractivity contribution in [3.8, 4) is 0 Å². The maximum atomic E-state index is 12.2. The smallest absolute Gasteiger partial charge is 0.238 e. The van der Waals surface area contributed by atoms with E-state index in [2.05, 4.69) is 10.2 Å². The third kappa shape index (κ3) is 3.10. The summed E-state index contributed by atoms with van der Waals surface area (Å²) in [6, 6.07) is 1.31. The van der Waals surface area contributed by atoms with Gasteiger partial charge in [0.25, 0.3) is 0 Å². The van der Waals surface area contributed by atoms with E-state index in [1.165, 1.54) is 10.6 Å². The first-order valence-electron chi connectivity index (χ1n) is 8.19. The maximum absolute atomic E-state index is 12.2. The Hall–Kier alpha value is -1.38. The zero-order valence-corrected chi connectivity index (χ0v) is 15.4. The minimum Gasteiger partial charge on any atom is -0.465 e. The van der Waals surface area contributed by atoms with Crippen molar-refractivity contribution in [2.24, 2.45) is 5.92 Å². The van der Waals surface area contributed by atoms with E-state index in [0.717, 1.165) is 23.6 Å². The zero-order valence-electron chi connectivity index (χ0n) is 14.6. The second-order valence-electron chi connectivity index (χ2n) is 6.93. The number of amides is 1. The van der Waals surface area contributed by atoms with Crippen molar-refractivity contribution < 1.29 is 17.6 Å². The number of hydrogen-bond donors (Lipinski definition) is 1. The van der Waals surface area contributed by atoms with Gasteiger partial charge in [-0.25, -0.2) is 8.42 Å². The average molecular weight is 355 g/mol. The lowest BCUT2D eigenvalue weighted by Gasteiger charge is -2.27. The monoisotopic (exact) mass is 355 g/mol. The quantitative estimate of drug-likeness (QED) is 0.849. The summed E-state index contributed by atoms with van der Waals surface area (Å²) in [6.45, 7) is 6.04. The molecule has 2 fully saturated rings. The molecule has 2 aliphatic heterocycles. The van der Waals surface area contributed by atoms with Crippen LogP contribution in [0.3, 0.4) is 0 Å². The Bertz CT molecular complexity index is 723. The molecule has 0 bridgehead atoms. The molecule has 0 aliphatic carbocycles. The number of nitrogens with zero attached hydrogens (tertiary/aromatic N) is 2. The van der Waals surface area contributed by atoms with Gasteiger partial charge in [0.2, 0.25) is 15.9 Å². The number of carbonyl (C=O) groups excluding carboxylic acids is 1. The molecule has 0 saturated carbocycles. The predicted molar refractivity (Wildman–Crippen MR) is 89.9 cm³/mol. The molecule has 1 aromatic heterocycles. The van der Waals surface area contributed by atoms with Gasteiger partial charge >= 0.3 is 0 Å². The van der Waals surface area contributed by atoms with Crippen LogP contribution in [0.1, 0.15) is 23.5 Å². The standard InChI is InChI=1S/C16H25N3O4S/c1-10-5-13(23-11(10)2)8-18-7-12-6-14(16(20)17-3)19(15(12)9-18)24(4,21)22/h5,12,14-15H,6-9H2,1-4H3,(H,17,20)/t12-,14-,15+/m0/s1. The van der Waals surface area contributed by atoms with Gasteiger partial charge in [-0.2, -0.15) is 4.31 Å². The second kappa shape index (κ2) is 6.16. The highest BCUT2D eigenvalue weighted by atomic mass is 32.2. The number of carbonyl (C=O) groups is 1. The van der Waals surface area contributed by atoms with Gasteiger partial charge in [0.1, 0.15) is 17.6 Å². The van der Waals surface area contributed by atoms with Crippen LogP contribution in [0.4, 0.5) is 0 Å². The number of likely N-dealkylation sites (N-methyl/N-ethyl adjacent to an activating group) is 1. The van der Waals surface area contributed by atoms with E-state index in [4.69, 9.17) is 4.42 Å². The van der Waals surface area contributed by atoms with Crippen molar-refractivity contribution in [2.75, 3.05) is 26.4 Å². The van der Waals surface area contributed by atoms with Crippen molar-refractivity contribution in [2.45, 2.75) is 38.9 Å². The molecule has 0 spiro atoms. The largest absolute Gasteiger partial charge is 0.465 e. The van der Waals surface area contributed by atoms with Gasteiger partial charge in [-0.1, -0.05) is 0 Å². The summed E-state index contributed by atoms with van der Waals surface area (Å²) in [5, 5.41) is 2.58. The van der Waals surface area contributed by atoms with Crippen molar-refractivity contribution in [3.05, 3.63) is 23.2 Å². The van der Waals surface area contributed by atoms with Crippen LogP contribution in [-0.4, -0.2) is 62.0 Å². The fraction of sp³-hybridized carbons (Fsp3) is 0.688. The van der Waals surface area contributed by atoms with E-state index >= 15 is 0 Å². The topological polar surface area (TPSA) is 82.9 Å². The van der Waals surface area contributed by atoms with Gasteiger partial charge in [0.05, 0.1) is 12.8 Å². The molecule has 1 aromatic rings. The van der Waals surface area contributed by atoms with Crippen LogP contribution in [-0.2, 0) is 21.4 Å². The van der Waals surface area contributed by atoms with Gasteiger partial charge < -0.3 is 9.73 Å². The Balaban J connectivity index is 1.75. The number of fused-ring (bicyclic) bond motifs is 1. The molecular weight excluding hydrogens is 330 g/mol. The molecule has 3 heterocycles. The number of rotatable bonds is 4. The third-order valence-electron chi connectivity index (χ3n) is 5.17. The second-order valence-corrected chi connectivity index (χ2v) is 8.82. The van der Waals surface area contributed by atoms with E-state index < -0.39 is 16.1 Å². The van der Waals surface area contributed by atoms with E-state index in [0.29, 0.717) is 19.5 Å². The lowest BCUT2D eigenvalue weighted by atomic mass is 10.0. The Kier molecular flexibility index (Phi) is 4.48. The van der Waals surface area contributed by atoms with Crippen molar-refractivity contribution >= 4 is 15.9 Å². The van der Waals surface area contributed by atoms with Crippen LogP contribution in [0.15, 0.2) is 10.5 Å². The number of aryl methyl sites for hydroxylation is 2. The minimum atomic E-state index is -3.44. The molecule has 8 heteroatoms. The summed E-state index contributed by atoms with van der Waals surface area (Å²) < 4.78 is 31.6. The van der Waals surface area contributed by atoms with Gasteiger partial charge in [0, 0.05) is 26.2 Å². The van der Waals surface area contributed by atoms with E-state index in [9.17, 15) is 13.2 Å². The maximum Gasteiger partial charge on any atom is 0.238 e. The average Bonchev–Trinajstić information content (AvgIpc) is 3.10. The van der Waals surface area contributed by atoms with E-state index in [-0.39, 0.29) is 17.9 Å². The Morgan fingerprint density at radius 3 is 2.62 bits per heavy atom. The van der Waals surface area contributed by atoms with Crippen molar-refractivity contribution in [3.63, 3.8) is 0 Å². The van der Waals surface area contributed by atoms with Crippen LogP contribution < -0.4 is 5.32 Å². The summed E-state index contributed by atoms with van der Waals surface area (Å²) >= 11 is 0. The van der Waals surface area contributed by atoms with Gasteiger partial charge in [0.15, 0.2) is 0 Å². The number of nitrogens with one attached hydrogen (secondary N) is 1. The first-order chi connectivity index (χ1) is 11.2. The molecule has 7 nitrogen and oxygen atoms in total. The summed E-state index contributed by atoms with van der Waals surface area (Å²) in [5.74, 6) is 1.78. The van der Waals surface area contributed by atoms with Gasteiger partial charge in [-0.05, 0) is 37.8 Å². The summed E-state index contributed by atoms with van der Waals surface area (Å²) in [5.41, 5.74) is 1.13.